The largest absolute Gasteiger partial charge is 0.450 e. The number of furan rings is 1. The number of hydrogen-bond donors (Lipinski definition) is 2. The zero-order chi connectivity index (χ0) is 18.1. The number of aromatic nitrogens is 1. The van der Waals surface area contributed by atoms with Gasteiger partial charge in [-0.25, -0.2) is 0 Å². The molecule has 0 unspecified atom stereocenters. The average molecular weight is 381 g/mol. The lowest BCUT2D eigenvalue weighted by molar-refractivity contribution is -0.123. The van der Waals surface area contributed by atoms with E-state index in [-0.39, 0.29) is 10.7 Å². The van der Waals surface area contributed by atoms with E-state index in [1.807, 2.05) is 30.3 Å². The summed E-state index contributed by atoms with van der Waals surface area (Å²) in [5, 5.41) is 6.43. The van der Waals surface area contributed by atoms with E-state index < -0.39 is 11.8 Å². The highest BCUT2D eigenvalue weighted by Crippen LogP contribution is 2.33. The number of nitrogens with zero attached hydrogens (tertiary/aromatic N) is 1. The van der Waals surface area contributed by atoms with Crippen molar-refractivity contribution in [1.82, 2.24) is 15.6 Å². The van der Waals surface area contributed by atoms with E-state index in [0.29, 0.717) is 10.9 Å². The second-order valence-corrected chi connectivity index (χ2v) is 6.84. The third-order valence-electron chi connectivity index (χ3n) is 3.64. The molecule has 1 fully saturated rings. The van der Waals surface area contributed by atoms with E-state index in [1.165, 1.54) is 17.8 Å². The molecule has 0 saturated carbocycles. The van der Waals surface area contributed by atoms with Crippen molar-refractivity contribution >= 4 is 57.9 Å². The summed E-state index contributed by atoms with van der Waals surface area (Å²) < 4.78 is 5.73. The Bertz CT molecular complexity index is 1060. The summed E-state index contributed by atoms with van der Waals surface area (Å²) in [7, 11) is 0. The quantitative estimate of drug-likeness (QED) is 0.412. The molecule has 3 heterocycles. The van der Waals surface area contributed by atoms with Crippen molar-refractivity contribution in [2.45, 2.75) is 9.99 Å². The molecule has 4 rings (SSSR count). The van der Waals surface area contributed by atoms with Crippen LogP contribution in [0.25, 0.3) is 17.0 Å². The fraction of sp³-hybridized carbons (Fsp3) is 0. The fourth-order valence-electron chi connectivity index (χ4n) is 2.48. The number of amides is 2. The molecule has 1 aliphatic heterocycles. The molecule has 0 atom stereocenters. The first-order valence-electron chi connectivity index (χ1n) is 7.60. The minimum absolute atomic E-state index is 0.00343. The molecule has 128 valence electrons. The second kappa shape index (κ2) is 6.74. The Morgan fingerprint density at radius 1 is 1.04 bits per heavy atom. The number of hydrogen-bond acceptors (Lipinski definition) is 6. The predicted molar refractivity (Wildman–Crippen MR) is 101 cm³/mol. The Hall–Kier alpha value is -2.97. The summed E-state index contributed by atoms with van der Waals surface area (Å²) >= 11 is 6.19. The third kappa shape index (κ3) is 3.24. The van der Waals surface area contributed by atoms with E-state index >= 15 is 0 Å². The van der Waals surface area contributed by atoms with Gasteiger partial charge in [0, 0.05) is 16.5 Å². The van der Waals surface area contributed by atoms with Crippen molar-refractivity contribution in [3.8, 4) is 0 Å². The number of pyridine rings is 1. The van der Waals surface area contributed by atoms with Crippen LogP contribution in [0.1, 0.15) is 5.76 Å². The van der Waals surface area contributed by atoms with Crippen LogP contribution in [0.4, 0.5) is 0 Å². The van der Waals surface area contributed by atoms with Crippen molar-refractivity contribution in [1.29, 1.82) is 0 Å². The Labute approximate surface area is 157 Å². The minimum atomic E-state index is -0.553. The first kappa shape index (κ1) is 16.5. The van der Waals surface area contributed by atoms with Gasteiger partial charge in [0.05, 0.1) is 5.52 Å². The van der Waals surface area contributed by atoms with E-state index in [4.69, 9.17) is 16.6 Å². The maximum Gasteiger partial charge on any atom is 0.263 e. The number of thiocarbonyl (C=S) groups is 1. The monoisotopic (exact) mass is 381 g/mol. The molecule has 2 N–H and O–H groups in total. The third-order valence-corrected chi connectivity index (χ3v) is 4.81. The van der Waals surface area contributed by atoms with Crippen LogP contribution in [0.2, 0.25) is 0 Å². The molecule has 1 saturated heterocycles. The number of carbonyl (C=O) groups is 2. The van der Waals surface area contributed by atoms with Crippen molar-refractivity contribution in [2.24, 2.45) is 0 Å². The topological polar surface area (TPSA) is 84.2 Å². The number of fused-ring (bicyclic) bond motifs is 1. The molecule has 0 bridgehead atoms. The van der Waals surface area contributed by atoms with Gasteiger partial charge in [-0.1, -0.05) is 18.2 Å². The Morgan fingerprint density at radius 3 is 2.62 bits per heavy atom. The van der Waals surface area contributed by atoms with Gasteiger partial charge in [0.2, 0.25) is 0 Å². The molecule has 0 radical (unpaired) electrons. The molecule has 3 aromatic rings. The van der Waals surface area contributed by atoms with Crippen LogP contribution in [0.3, 0.4) is 0 Å². The van der Waals surface area contributed by atoms with E-state index in [2.05, 4.69) is 15.6 Å². The lowest BCUT2D eigenvalue weighted by Crippen LogP contribution is -2.51. The minimum Gasteiger partial charge on any atom is -0.450 e. The average Bonchev–Trinajstić information content (AvgIpc) is 3.06. The Kier molecular flexibility index (Phi) is 4.27. The number of carbonyl (C=O) groups excluding carboxylic acids is 2. The van der Waals surface area contributed by atoms with Crippen molar-refractivity contribution < 1.29 is 14.0 Å². The van der Waals surface area contributed by atoms with Crippen LogP contribution in [0, 0.1) is 0 Å². The highest BCUT2D eigenvalue weighted by atomic mass is 32.2. The SMILES string of the molecule is O=C1NC(=S)NC(=O)C1=Cc1ccc(Sc2cccc3cccnc23)o1. The zero-order valence-corrected chi connectivity index (χ0v) is 14.8. The van der Waals surface area contributed by atoms with Gasteiger partial charge in [0.15, 0.2) is 10.2 Å². The summed E-state index contributed by atoms with van der Waals surface area (Å²) in [6.07, 6.45) is 3.13. The molecule has 8 heteroatoms. The molecule has 1 aromatic carbocycles. The van der Waals surface area contributed by atoms with Crippen LogP contribution in [-0.4, -0.2) is 21.9 Å². The van der Waals surface area contributed by atoms with E-state index in [0.717, 1.165) is 15.8 Å². The molecular formula is C18H11N3O3S2. The Balaban J connectivity index is 1.60. The smallest absolute Gasteiger partial charge is 0.263 e. The molecule has 26 heavy (non-hydrogen) atoms. The highest BCUT2D eigenvalue weighted by Gasteiger charge is 2.26. The number of nitrogens with one attached hydrogen (secondary N) is 2. The first-order valence-corrected chi connectivity index (χ1v) is 8.82. The lowest BCUT2D eigenvalue weighted by Gasteiger charge is -2.15. The number of benzene rings is 1. The van der Waals surface area contributed by atoms with Crippen molar-refractivity contribution in [2.75, 3.05) is 0 Å². The van der Waals surface area contributed by atoms with Gasteiger partial charge in [-0.3, -0.25) is 25.2 Å². The fourth-order valence-corrected chi connectivity index (χ4v) is 3.57. The Morgan fingerprint density at radius 2 is 1.81 bits per heavy atom. The lowest BCUT2D eigenvalue weighted by atomic mass is 10.1. The van der Waals surface area contributed by atoms with Gasteiger partial charge in [-0.2, -0.15) is 0 Å². The van der Waals surface area contributed by atoms with E-state index in [9.17, 15) is 9.59 Å². The van der Waals surface area contributed by atoms with Crippen LogP contribution in [0.5, 0.6) is 0 Å². The van der Waals surface area contributed by atoms with Crippen molar-refractivity contribution in [3.05, 3.63) is 60.0 Å². The van der Waals surface area contributed by atoms with Crippen LogP contribution in [0.15, 0.2) is 68.6 Å². The van der Waals surface area contributed by atoms with Gasteiger partial charge >= 0.3 is 0 Å². The standard InChI is InChI=1S/C18H11N3O3S2/c22-16-12(17(23)21-18(25)20-16)9-11-6-7-14(24-11)26-13-5-1-3-10-4-2-8-19-15(10)13/h1-9H,(H2,20,21,22,23,25). The summed E-state index contributed by atoms with van der Waals surface area (Å²) in [5.74, 6) is -0.709. The summed E-state index contributed by atoms with van der Waals surface area (Å²) in [6, 6.07) is 13.3. The maximum absolute atomic E-state index is 11.9. The van der Waals surface area contributed by atoms with Gasteiger partial charge in [-0.15, -0.1) is 0 Å². The molecule has 1 aliphatic rings. The summed E-state index contributed by atoms with van der Waals surface area (Å²) in [4.78, 5) is 29.1. The van der Waals surface area contributed by atoms with Gasteiger partial charge in [0.25, 0.3) is 11.8 Å². The van der Waals surface area contributed by atoms with Crippen LogP contribution in [-0.2, 0) is 9.59 Å². The summed E-state index contributed by atoms with van der Waals surface area (Å²) in [5.41, 5.74) is 0.826. The number of rotatable bonds is 3. The number of para-hydroxylation sites is 1. The molecule has 0 aliphatic carbocycles. The maximum atomic E-state index is 11.9. The summed E-state index contributed by atoms with van der Waals surface area (Å²) in [6.45, 7) is 0. The van der Waals surface area contributed by atoms with Gasteiger partial charge < -0.3 is 4.42 Å². The van der Waals surface area contributed by atoms with Gasteiger partial charge in [0.1, 0.15) is 11.3 Å². The highest BCUT2D eigenvalue weighted by molar-refractivity contribution is 7.99. The van der Waals surface area contributed by atoms with Crippen LogP contribution >= 0.6 is 24.0 Å². The molecule has 6 nitrogen and oxygen atoms in total. The van der Waals surface area contributed by atoms with E-state index in [1.54, 1.807) is 18.3 Å². The molecule has 2 amide bonds. The van der Waals surface area contributed by atoms with Crippen LogP contribution < -0.4 is 10.6 Å². The molecular weight excluding hydrogens is 370 g/mol. The second-order valence-electron chi connectivity index (χ2n) is 5.39. The predicted octanol–water partition coefficient (Wildman–Crippen LogP) is 2.89. The zero-order valence-electron chi connectivity index (χ0n) is 13.2. The molecule has 0 spiro atoms. The normalized spacial score (nSPS) is 14.3. The molecule has 2 aromatic heterocycles. The van der Waals surface area contributed by atoms with Gasteiger partial charge in [-0.05, 0) is 54.3 Å². The van der Waals surface area contributed by atoms with Crippen molar-refractivity contribution in [3.63, 3.8) is 0 Å². The first-order chi connectivity index (χ1) is 12.6.